The molecular formula is C14H19ClF3NO. The van der Waals surface area contributed by atoms with Crippen molar-refractivity contribution in [2.24, 2.45) is 5.92 Å². The maximum Gasteiger partial charge on any atom is 0.417 e. The smallest absolute Gasteiger partial charge is 0.396 e. The Balaban J connectivity index is 2.61. The summed E-state index contributed by atoms with van der Waals surface area (Å²) in [4.78, 5) is 0. The molecule has 1 unspecified atom stereocenters. The van der Waals surface area contributed by atoms with E-state index in [1.165, 1.54) is 6.07 Å². The molecule has 2 nitrogen and oxygen atoms in total. The molecule has 0 aliphatic heterocycles. The van der Waals surface area contributed by atoms with E-state index < -0.39 is 11.7 Å². The average Bonchev–Trinajstić information content (AvgIpc) is 2.38. The molecule has 0 aromatic heterocycles. The molecule has 6 heteroatoms. The van der Waals surface area contributed by atoms with Crippen LogP contribution in [0.15, 0.2) is 18.2 Å². The molecule has 114 valence electrons. The Labute approximate surface area is 121 Å². The van der Waals surface area contributed by atoms with Crippen LogP contribution in [0.1, 0.15) is 30.9 Å². The van der Waals surface area contributed by atoms with E-state index >= 15 is 0 Å². The molecule has 0 spiro atoms. The van der Waals surface area contributed by atoms with Gasteiger partial charge in [-0.05, 0) is 36.6 Å². The third-order valence-corrected chi connectivity index (χ3v) is 3.54. The van der Waals surface area contributed by atoms with Crippen molar-refractivity contribution in [2.45, 2.75) is 32.5 Å². The number of nitrogens with one attached hydrogen (secondary N) is 1. The van der Waals surface area contributed by atoms with Crippen LogP contribution in [0.5, 0.6) is 0 Å². The second-order valence-corrected chi connectivity index (χ2v) is 5.14. The van der Waals surface area contributed by atoms with E-state index in [9.17, 15) is 13.2 Å². The minimum absolute atomic E-state index is 0.124. The number of rotatable bonds is 7. The monoisotopic (exact) mass is 309 g/mol. The van der Waals surface area contributed by atoms with Crippen LogP contribution < -0.4 is 5.32 Å². The first-order valence-electron chi connectivity index (χ1n) is 6.55. The predicted molar refractivity (Wildman–Crippen MR) is 73.6 cm³/mol. The van der Waals surface area contributed by atoms with Crippen LogP contribution in [0.2, 0.25) is 5.02 Å². The summed E-state index contributed by atoms with van der Waals surface area (Å²) in [6.45, 7) is 3.16. The zero-order valence-corrected chi connectivity index (χ0v) is 12.1. The lowest BCUT2D eigenvalue weighted by atomic mass is 10.0. The van der Waals surface area contributed by atoms with Crippen LogP contribution in [0.25, 0.3) is 0 Å². The van der Waals surface area contributed by atoms with E-state index in [1.807, 2.05) is 6.92 Å². The summed E-state index contributed by atoms with van der Waals surface area (Å²) in [5.41, 5.74) is -0.263. The molecule has 0 aliphatic carbocycles. The second-order valence-electron chi connectivity index (χ2n) is 4.73. The van der Waals surface area contributed by atoms with Gasteiger partial charge in [0.2, 0.25) is 0 Å². The fourth-order valence-corrected chi connectivity index (χ4v) is 2.18. The Morgan fingerprint density at radius 2 is 2.05 bits per heavy atom. The minimum atomic E-state index is -4.43. The third kappa shape index (κ3) is 5.31. The molecule has 0 saturated carbocycles. The van der Waals surface area contributed by atoms with Crippen molar-refractivity contribution >= 4 is 11.6 Å². The zero-order valence-electron chi connectivity index (χ0n) is 11.3. The molecule has 0 aliphatic rings. The first-order valence-corrected chi connectivity index (χ1v) is 6.93. The average molecular weight is 310 g/mol. The number of aliphatic hydroxyl groups excluding tert-OH is 1. The Morgan fingerprint density at radius 1 is 1.35 bits per heavy atom. The number of hydrogen-bond donors (Lipinski definition) is 2. The lowest BCUT2D eigenvalue weighted by molar-refractivity contribution is -0.137. The standard InChI is InChI=1S/C14H19ClF3NO/c1-2-10(5-6-20)8-19-9-11-3-4-13(15)12(7-11)14(16,17)18/h3-4,7,10,19-20H,2,5-6,8-9H2,1H3. The summed E-state index contributed by atoms with van der Waals surface area (Å²) < 4.78 is 38.1. The Morgan fingerprint density at radius 3 is 2.60 bits per heavy atom. The van der Waals surface area contributed by atoms with Gasteiger partial charge in [-0.15, -0.1) is 0 Å². The molecule has 0 saturated heterocycles. The maximum atomic E-state index is 12.7. The molecule has 1 aromatic rings. The van der Waals surface area contributed by atoms with Crippen LogP contribution in [-0.4, -0.2) is 18.3 Å². The molecule has 1 aromatic carbocycles. The molecule has 0 heterocycles. The Kier molecular flexibility index (Phi) is 6.79. The van der Waals surface area contributed by atoms with Crippen LogP contribution in [0.3, 0.4) is 0 Å². The highest BCUT2D eigenvalue weighted by molar-refractivity contribution is 6.31. The molecular weight excluding hydrogens is 291 g/mol. The lowest BCUT2D eigenvalue weighted by Crippen LogP contribution is -2.23. The van der Waals surface area contributed by atoms with Gasteiger partial charge in [0.1, 0.15) is 0 Å². The maximum absolute atomic E-state index is 12.7. The molecule has 2 N–H and O–H groups in total. The van der Waals surface area contributed by atoms with Crippen molar-refractivity contribution in [2.75, 3.05) is 13.2 Å². The van der Waals surface area contributed by atoms with E-state index in [-0.39, 0.29) is 11.6 Å². The number of hydrogen-bond acceptors (Lipinski definition) is 2. The van der Waals surface area contributed by atoms with Gasteiger partial charge in [0.25, 0.3) is 0 Å². The fourth-order valence-electron chi connectivity index (χ4n) is 1.95. The first kappa shape index (κ1) is 17.3. The van der Waals surface area contributed by atoms with E-state index in [4.69, 9.17) is 16.7 Å². The van der Waals surface area contributed by atoms with Crippen molar-refractivity contribution in [3.63, 3.8) is 0 Å². The van der Waals surface area contributed by atoms with Crippen LogP contribution >= 0.6 is 11.6 Å². The largest absolute Gasteiger partial charge is 0.417 e. The highest BCUT2D eigenvalue weighted by Crippen LogP contribution is 2.35. The Bertz CT molecular complexity index is 423. The highest BCUT2D eigenvalue weighted by atomic mass is 35.5. The normalized spacial score (nSPS) is 13.5. The summed E-state index contributed by atoms with van der Waals surface area (Å²) in [5.74, 6) is 0.328. The van der Waals surface area contributed by atoms with Gasteiger partial charge in [-0.1, -0.05) is 31.0 Å². The molecule has 20 heavy (non-hydrogen) atoms. The number of benzene rings is 1. The van der Waals surface area contributed by atoms with Gasteiger partial charge in [0.05, 0.1) is 10.6 Å². The first-order chi connectivity index (χ1) is 9.38. The number of halogens is 4. The molecule has 0 amide bonds. The van der Waals surface area contributed by atoms with E-state index in [0.29, 0.717) is 31.0 Å². The molecule has 0 fully saturated rings. The van der Waals surface area contributed by atoms with Gasteiger partial charge in [0, 0.05) is 13.2 Å². The summed E-state index contributed by atoms with van der Waals surface area (Å²) in [7, 11) is 0. The highest BCUT2D eigenvalue weighted by Gasteiger charge is 2.33. The molecule has 0 radical (unpaired) electrons. The molecule has 1 atom stereocenters. The van der Waals surface area contributed by atoms with Crippen LogP contribution in [0, 0.1) is 5.92 Å². The quantitative estimate of drug-likeness (QED) is 0.801. The second kappa shape index (κ2) is 7.86. The van der Waals surface area contributed by atoms with Crippen LogP contribution in [0.4, 0.5) is 13.2 Å². The summed E-state index contributed by atoms with van der Waals surface area (Å²) >= 11 is 5.56. The van der Waals surface area contributed by atoms with Gasteiger partial charge in [-0.2, -0.15) is 13.2 Å². The van der Waals surface area contributed by atoms with Gasteiger partial charge in [-0.3, -0.25) is 0 Å². The fraction of sp³-hybridized carbons (Fsp3) is 0.571. The minimum Gasteiger partial charge on any atom is -0.396 e. The van der Waals surface area contributed by atoms with Gasteiger partial charge in [-0.25, -0.2) is 0 Å². The SMILES string of the molecule is CCC(CCO)CNCc1ccc(Cl)c(C(F)(F)F)c1. The molecule has 0 bridgehead atoms. The van der Waals surface area contributed by atoms with E-state index in [1.54, 1.807) is 6.07 Å². The van der Waals surface area contributed by atoms with Gasteiger partial charge >= 0.3 is 6.18 Å². The predicted octanol–water partition coefficient (Wildman–Crippen LogP) is 3.86. The van der Waals surface area contributed by atoms with Crippen molar-refractivity contribution in [1.82, 2.24) is 5.32 Å². The Hall–Kier alpha value is -0.780. The van der Waals surface area contributed by atoms with Crippen LogP contribution in [-0.2, 0) is 12.7 Å². The van der Waals surface area contributed by atoms with Gasteiger partial charge < -0.3 is 10.4 Å². The lowest BCUT2D eigenvalue weighted by Gasteiger charge is -2.15. The molecule has 1 rings (SSSR count). The zero-order chi connectivity index (χ0) is 15.2. The summed E-state index contributed by atoms with van der Waals surface area (Å²) in [5, 5.41) is 11.7. The van der Waals surface area contributed by atoms with Crippen molar-refractivity contribution in [1.29, 1.82) is 0 Å². The number of alkyl halides is 3. The summed E-state index contributed by atoms with van der Waals surface area (Å²) in [6, 6.07) is 3.92. The van der Waals surface area contributed by atoms with Gasteiger partial charge in [0.15, 0.2) is 0 Å². The van der Waals surface area contributed by atoms with Crippen molar-refractivity contribution < 1.29 is 18.3 Å². The summed E-state index contributed by atoms with van der Waals surface area (Å²) in [6.07, 6.45) is -2.82. The van der Waals surface area contributed by atoms with Crippen molar-refractivity contribution in [3.8, 4) is 0 Å². The topological polar surface area (TPSA) is 32.3 Å². The van der Waals surface area contributed by atoms with E-state index in [2.05, 4.69) is 5.32 Å². The van der Waals surface area contributed by atoms with Crippen molar-refractivity contribution in [3.05, 3.63) is 34.3 Å². The third-order valence-electron chi connectivity index (χ3n) is 3.21. The number of aliphatic hydroxyl groups is 1. The van der Waals surface area contributed by atoms with E-state index in [0.717, 1.165) is 12.5 Å².